The predicted octanol–water partition coefficient (Wildman–Crippen LogP) is -1.70. The van der Waals surface area contributed by atoms with Crippen molar-refractivity contribution in [3.05, 3.63) is 30.1 Å². The van der Waals surface area contributed by atoms with Crippen molar-refractivity contribution in [3.63, 3.8) is 0 Å². The molecule has 0 saturated carbocycles. The predicted molar refractivity (Wildman–Crippen MR) is 65.6 cm³/mol. The van der Waals surface area contributed by atoms with E-state index in [1.807, 2.05) is 0 Å². The fraction of sp³-hybridized carbons (Fsp3) is 0.500. The molecule has 0 aromatic carbocycles. The highest BCUT2D eigenvalue weighted by molar-refractivity contribution is 5.76. The molecule has 1 aromatic rings. The Bertz CT molecular complexity index is 425. The molecule has 0 unspecified atom stereocenters. The number of aliphatic hydroxyl groups is 4. The van der Waals surface area contributed by atoms with Crippen LogP contribution in [0, 0.1) is 0 Å². The first kappa shape index (κ1) is 14.0. The van der Waals surface area contributed by atoms with E-state index in [1.54, 1.807) is 24.4 Å². The third kappa shape index (κ3) is 3.14. The van der Waals surface area contributed by atoms with E-state index < -0.39 is 37.3 Å². The van der Waals surface area contributed by atoms with E-state index in [0.717, 1.165) is 0 Å². The topological polar surface area (TPSA) is 115 Å². The molecule has 1 fully saturated rings. The number of hydrogen-bond donors (Lipinski definition) is 4. The summed E-state index contributed by atoms with van der Waals surface area (Å²) in [5, 5.41) is 38.0. The SMILES string of the molecule is OC[C@H]1O[C@@H](/N=C/c2ccccn2)[C@H](O)[C@@H](O)[C@@H]1O. The van der Waals surface area contributed by atoms with E-state index in [2.05, 4.69) is 9.98 Å². The fourth-order valence-corrected chi connectivity index (χ4v) is 1.81. The first-order valence-electron chi connectivity index (χ1n) is 5.88. The highest BCUT2D eigenvalue weighted by atomic mass is 16.6. The summed E-state index contributed by atoms with van der Waals surface area (Å²) in [6, 6.07) is 5.25. The van der Waals surface area contributed by atoms with Crippen LogP contribution in [0.5, 0.6) is 0 Å². The summed E-state index contributed by atoms with van der Waals surface area (Å²) in [7, 11) is 0. The van der Waals surface area contributed by atoms with E-state index in [9.17, 15) is 15.3 Å². The van der Waals surface area contributed by atoms with Gasteiger partial charge >= 0.3 is 0 Å². The fourth-order valence-electron chi connectivity index (χ4n) is 1.81. The van der Waals surface area contributed by atoms with Crippen molar-refractivity contribution in [2.45, 2.75) is 30.6 Å². The zero-order valence-corrected chi connectivity index (χ0v) is 10.1. The molecule has 1 aromatic heterocycles. The molecule has 0 amide bonds. The molecule has 0 spiro atoms. The average Bonchev–Trinajstić information content (AvgIpc) is 2.45. The van der Waals surface area contributed by atoms with Gasteiger partial charge in [0.1, 0.15) is 24.4 Å². The van der Waals surface area contributed by atoms with Gasteiger partial charge in [-0.15, -0.1) is 0 Å². The third-order valence-electron chi connectivity index (χ3n) is 2.91. The number of aliphatic hydroxyl groups excluding tert-OH is 4. The lowest BCUT2D eigenvalue weighted by atomic mass is 9.99. The molecule has 4 N–H and O–H groups in total. The second-order valence-electron chi connectivity index (χ2n) is 4.25. The Morgan fingerprint density at radius 1 is 1.21 bits per heavy atom. The second kappa shape index (κ2) is 6.18. The maximum atomic E-state index is 9.75. The van der Waals surface area contributed by atoms with Crippen LogP contribution in [0.15, 0.2) is 29.4 Å². The molecule has 7 heteroatoms. The molecular formula is C12H16N2O5. The van der Waals surface area contributed by atoms with E-state index in [4.69, 9.17) is 9.84 Å². The quantitative estimate of drug-likeness (QED) is 0.486. The molecule has 2 rings (SSSR count). The first-order valence-corrected chi connectivity index (χ1v) is 5.88. The Labute approximate surface area is 109 Å². The summed E-state index contributed by atoms with van der Waals surface area (Å²) in [6.07, 6.45) is -3.18. The van der Waals surface area contributed by atoms with Crippen LogP contribution in [-0.2, 0) is 4.74 Å². The van der Waals surface area contributed by atoms with Crippen LogP contribution >= 0.6 is 0 Å². The van der Waals surface area contributed by atoms with Gasteiger partial charge in [0.05, 0.1) is 18.5 Å². The minimum absolute atomic E-state index is 0.472. The number of aliphatic imine (C=N–C) groups is 1. The molecule has 1 saturated heterocycles. The van der Waals surface area contributed by atoms with Gasteiger partial charge in [0.2, 0.25) is 0 Å². The van der Waals surface area contributed by atoms with Crippen LogP contribution in [-0.4, -0.2) is 68.9 Å². The monoisotopic (exact) mass is 268 g/mol. The van der Waals surface area contributed by atoms with Crippen molar-refractivity contribution in [2.75, 3.05) is 6.61 Å². The highest BCUT2D eigenvalue weighted by Gasteiger charge is 2.43. The van der Waals surface area contributed by atoms with Gasteiger partial charge in [-0.2, -0.15) is 0 Å². The maximum absolute atomic E-state index is 9.75. The van der Waals surface area contributed by atoms with Gasteiger partial charge in [0.25, 0.3) is 0 Å². The number of pyridine rings is 1. The minimum atomic E-state index is -1.42. The average molecular weight is 268 g/mol. The lowest BCUT2D eigenvalue weighted by molar-refractivity contribution is -0.226. The van der Waals surface area contributed by atoms with Crippen molar-refractivity contribution < 1.29 is 25.2 Å². The van der Waals surface area contributed by atoms with Gasteiger partial charge in [-0.05, 0) is 12.1 Å². The number of hydrogen-bond acceptors (Lipinski definition) is 7. The Hall–Kier alpha value is -1.38. The smallest absolute Gasteiger partial charge is 0.177 e. The Morgan fingerprint density at radius 2 is 2.00 bits per heavy atom. The largest absolute Gasteiger partial charge is 0.394 e. The summed E-state index contributed by atoms with van der Waals surface area (Å²) < 4.78 is 5.22. The lowest BCUT2D eigenvalue weighted by Crippen LogP contribution is -2.57. The molecule has 0 radical (unpaired) electrons. The van der Waals surface area contributed by atoms with E-state index in [0.29, 0.717) is 5.69 Å². The van der Waals surface area contributed by atoms with Crippen LogP contribution < -0.4 is 0 Å². The Kier molecular flexibility index (Phi) is 4.56. The van der Waals surface area contributed by atoms with E-state index in [1.165, 1.54) is 6.21 Å². The van der Waals surface area contributed by atoms with Gasteiger partial charge in [0.15, 0.2) is 6.23 Å². The molecule has 19 heavy (non-hydrogen) atoms. The normalized spacial score (nSPS) is 35.7. The first-order chi connectivity index (χ1) is 9.13. The molecule has 7 nitrogen and oxygen atoms in total. The molecule has 0 aliphatic carbocycles. The molecule has 2 heterocycles. The number of nitrogens with zero attached hydrogens (tertiary/aromatic N) is 2. The van der Waals surface area contributed by atoms with Crippen molar-refractivity contribution >= 4 is 6.21 Å². The Morgan fingerprint density at radius 3 is 2.63 bits per heavy atom. The van der Waals surface area contributed by atoms with Gasteiger partial charge < -0.3 is 25.2 Å². The standard InChI is InChI=1S/C12H16N2O5/c15-6-8-9(16)10(17)11(18)12(19-8)14-5-7-3-1-2-4-13-7/h1-5,8-12,15-18H,6H2/b14-5+/t8-,9-,10+,11-,12-/m1/s1. The van der Waals surface area contributed by atoms with E-state index >= 15 is 0 Å². The summed E-state index contributed by atoms with van der Waals surface area (Å²) in [4.78, 5) is 7.99. The molecule has 5 atom stereocenters. The third-order valence-corrected chi connectivity index (χ3v) is 2.91. The van der Waals surface area contributed by atoms with Crippen LogP contribution in [0.25, 0.3) is 0 Å². The molecule has 0 bridgehead atoms. The van der Waals surface area contributed by atoms with Crippen LogP contribution in [0.1, 0.15) is 5.69 Å². The van der Waals surface area contributed by atoms with Crippen LogP contribution in [0.3, 0.4) is 0 Å². The summed E-state index contributed by atoms with van der Waals surface area (Å²) in [6.45, 7) is -0.472. The maximum Gasteiger partial charge on any atom is 0.177 e. The summed E-state index contributed by atoms with van der Waals surface area (Å²) >= 11 is 0. The minimum Gasteiger partial charge on any atom is -0.394 e. The molecule has 104 valence electrons. The lowest BCUT2D eigenvalue weighted by Gasteiger charge is -2.38. The van der Waals surface area contributed by atoms with Crippen LogP contribution in [0.4, 0.5) is 0 Å². The van der Waals surface area contributed by atoms with Crippen molar-refractivity contribution in [3.8, 4) is 0 Å². The summed E-state index contributed by atoms with van der Waals surface area (Å²) in [5.74, 6) is 0. The van der Waals surface area contributed by atoms with Crippen molar-refractivity contribution in [2.24, 2.45) is 4.99 Å². The van der Waals surface area contributed by atoms with Crippen molar-refractivity contribution in [1.29, 1.82) is 0 Å². The second-order valence-corrected chi connectivity index (χ2v) is 4.25. The molecule has 1 aliphatic heterocycles. The summed E-state index contributed by atoms with van der Waals surface area (Å²) in [5.41, 5.74) is 0.569. The molecule has 1 aliphatic rings. The number of aromatic nitrogens is 1. The number of ether oxygens (including phenoxy) is 1. The zero-order chi connectivity index (χ0) is 13.8. The van der Waals surface area contributed by atoms with E-state index in [-0.39, 0.29) is 0 Å². The van der Waals surface area contributed by atoms with Crippen molar-refractivity contribution in [1.82, 2.24) is 4.98 Å². The van der Waals surface area contributed by atoms with Gasteiger partial charge in [-0.3, -0.25) is 9.98 Å². The van der Waals surface area contributed by atoms with Crippen LogP contribution in [0.2, 0.25) is 0 Å². The van der Waals surface area contributed by atoms with Gasteiger partial charge in [-0.1, -0.05) is 6.07 Å². The Balaban J connectivity index is 2.09. The highest BCUT2D eigenvalue weighted by Crippen LogP contribution is 2.21. The zero-order valence-electron chi connectivity index (χ0n) is 10.1. The molecular weight excluding hydrogens is 252 g/mol. The number of rotatable bonds is 3. The van der Waals surface area contributed by atoms with Gasteiger partial charge in [-0.25, -0.2) is 0 Å². The van der Waals surface area contributed by atoms with Gasteiger partial charge in [0, 0.05) is 6.20 Å².